The van der Waals surface area contributed by atoms with Crippen molar-refractivity contribution >= 4 is 5.91 Å². The molecular weight excluding hydrogens is 282 g/mol. The summed E-state index contributed by atoms with van der Waals surface area (Å²) in [5.41, 5.74) is 0. The minimum absolute atomic E-state index is 0.186. The molecule has 2 aliphatic heterocycles. The average molecular weight is 313 g/mol. The summed E-state index contributed by atoms with van der Waals surface area (Å²) >= 11 is 0. The molecule has 0 aliphatic carbocycles. The number of aliphatic hydroxyl groups excluding tert-OH is 1. The fourth-order valence-electron chi connectivity index (χ4n) is 3.80. The van der Waals surface area contributed by atoms with Gasteiger partial charge >= 0.3 is 0 Å². The van der Waals surface area contributed by atoms with Crippen LogP contribution in [0.25, 0.3) is 0 Å². The first-order valence-electron chi connectivity index (χ1n) is 8.40. The maximum Gasteiger partial charge on any atom is 0.219 e. The molecule has 6 heteroatoms. The predicted molar refractivity (Wildman–Crippen MR) is 85.7 cm³/mol. The molecule has 2 aliphatic rings. The predicted octanol–water partition coefficient (Wildman–Crippen LogP) is -0.132. The van der Waals surface area contributed by atoms with Gasteiger partial charge in [0.15, 0.2) is 0 Å². The van der Waals surface area contributed by atoms with Crippen LogP contribution in [0, 0.1) is 5.92 Å². The Bertz CT molecular complexity index is 367. The van der Waals surface area contributed by atoms with Crippen molar-refractivity contribution in [1.29, 1.82) is 0 Å². The molecule has 2 rings (SSSR count). The van der Waals surface area contributed by atoms with Gasteiger partial charge in [-0.25, -0.2) is 0 Å². The van der Waals surface area contributed by atoms with E-state index < -0.39 is 6.10 Å². The van der Waals surface area contributed by atoms with Gasteiger partial charge in [0.05, 0.1) is 12.7 Å². The largest absolute Gasteiger partial charge is 0.389 e. The molecule has 0 bridgehead atoms. The van der Waals surface area contributed by atoms with Gasteiger partial charge in [-0.15, -0.1) is 0 Å². The van der Waals surface area contributed by atoms with Crippen LogP contribution in [0.3, 0.4) is 0 Å². The van der Waals surface area contributed by atoms with Crippen LogP contribution in [0.1, 0.15) is 20.3 Å². The van der Waals surface area contributed by atoms with E-state index in [9.17, 15) is 9.90 Å². The molecule has 0 spiro atoms. The molecule has 2 heterocycles. The standard InChI is InChI=1S/C16H31N3O3/c1-13-9-17(10-15(21)12-22-3)11-16(13)19-6-4-5-18(7-8-19)14(2)20/h13,15-16,21H,4-12H2,1-3H3/t13-,15-,16+/m1/s1. The summed E-state index contributed by atoms with van der Waals surface area (Å²) in [5.74, 6) is 0.782. The van der Waals surface area contributed by atoms with Crippen LogP contribution in [0.15, 0.2) is 0 Å². The molecule has 0 aromatic carbocycles. The Morgan fingerprint density at radius 1 is 1.27 bits per heavy atom. The Morgan fingerprint density at radius 2 is 2.05 bits per heavy atom. The van der Waals surface area contributed by atoms with E-state index in [4.69, 9.17) is 4.74 Å². The number of amides is 1. The Balaban J connectivity index is 1.85. The quantitative estimate of drug-likeness (QED) is 0.766. The van der Waals surface area contributed by atoms with E-state index in [1.165, 1.54) is 0 Å². The molecule has 0 unspecified atom stereocenters. The Hall–Kier alpha value is -0.690. The lowest BCUT2D eigenvalue weighted by molar-refractivity contribution is -0.128. The van der Waals surface area contributed by atoms with Crippen LogP contribution in [0.4, 0.5) is 0 Å². The molecule has 0 radical (unpaired) electrons. The van der Waals surface area contributed by atoms with Gasteiger partial charge in [0.1, 0.15) is 0 Å². The summed E-state index contributed by atoms with van der Waals surface area (Å²) < 4.78 is 5.01. The number of carbonyl (C=O) groups is 1. The van der Waals surface area contributed by atoms with Crippen LogP contribution < -0.4 is 0 Å². The number of rotatable bonds is 5. The lowest BCUT2D eigenvalue weighted by Gasteiger charge is -2.30. The first-order valence-corrected chi connectivity index (χ1v) is 8.40. The number of hydrogen-bond donors (Lipinski definition) is 1. The highest BCUT2D eigenvalue weighted by Gasteiger charge is 2.35. The van der Waals surface area contributed by atoms with E-state index in [-0.39, 0.29) is 5.91 Å². The van der Waals surface area contributed by atoms with E-state index in [0.717, 1.165) is 45.7 Å². The van der Waals surface area contributed by atoms with Crippen LogP contribution in [-0.4, -0.2) is 97.4 Å². The fraction of sp³-hybridized carbons (Fsp3) is 0.938. The van der Waals surface area contributed by atoms with Crippen molar-refractivity contribution in [2.24, 2.45) is 5.92 Å². The zero-order chi connectivity index (χ0) is 16.1. The lowest BCUT2D eigenvalue weighted by Crippen LogP contribution is -2.43. The Kier molecular flexibility index (Phi) is 6.62. The SMILES string of the molecule is COC[C@H](O)CN1C[C@@H](C)[C@@H](N2CCCN(C(C)=O)CC2)C1. The molecule has 3 atom stereocenters. The number of methoxy groups -OCH3 is 1. The zero-order valence-electron chi connectivity index (χ0n) is 14.2. The number of likely N-dealkylation sites (tertiary alicyclic amines) is 1. The topological polar surface area (TPSA) is 56.3 Å². The average Bonchev–Trinajstić information content (AvgIpc) is 2.67. The summed E-state index contributed by atoms with van der Waals surface area (Å²) in [7, 11) is 1.62. The highest BCUT2D eigenvalue weighted by molar-refractivity contribution is 5.73. The minimum atomic E-state index is -0.409. The molecule has 0 aromatic rings. The molecular formula is C16H31N3O3. The molecule has 6 nitrogen and oxygen atoms in total. The van der Waals surface area contributed by atoms with Crippen molar-refractivity contribution < 1.29 is 14.6 Å². The monoisotopic (exact) mass is 313 g/mol. The van der Waals surface area contributed by atoms with E-state index in [1.54, 1.807) is 14.0 Å². The normalized spacial score (nSPS) is 29.5. The van der Waals surface area contributed by atoms with E-state index in [2.05, 4.69) is 16.7 Å². The maximum absolute atomic E-state index is 11.5. The third kappa shape index (κ3) is 4.65. The van der Waals surface area contributed by atoms with Gasteiger partial charge in [0, 0.05) is 65.9 Å². The number of carbonyl (C=O) groups excluding carboxylic acids is 1. The molecule has 0 aromatic heterocycles. The van der Waals surface area contributed by atoms with Crippen molar-refractivity contribution in [3.63, 3.8) is 0 Å². The van der Waals surface area contributed by atoms with E-state index in [1.807, 2.05) is 4.90 Å². The number of hydrogen-bond acceptors (Lipinski definition) is 5. The molecule has 2 saturated heterocycles. The van der Waals surface area contributed by atoms with Gasteiger partial charge < -0.3 is 14.7 Å². The highest BCUT2D eigenvalue weighted by Crippen LogP contribution is 2.23. The van der Waals surface area contributed by atoms with Crippen LogP contribution >= 0.6 is 0 Å². The van der Waals surface area contributed by atoms with Gasteiger partial charge in [-0.1, -0.05) is 6.92 Å². The number of β-amino-alcohol motifs (C(OH)–C–C–N with tert-alkyl or cyclic N) is 1. The summed E-state index contributed by atoms with van der Waals surface area (Å²) in [6, 6.07) is 0.529. The summed E-state index contributed by atoms with van der Waals surface area (Å²) in [6.45, 7) is 10.8. The lowest BCUT2D eigenvalue weighted by atomic mass is 10.0. The second-order valence-corrected chi connectivity index (χ2v) is 6.77. The van der Waals surface area contributed by atoms with Gasteiger partial charge in [-0.05, 0) is 12.3 Å². The minimum Gasteiger partial charge on any atom is -0.389 e. The molecule has 0 saturated carbocycles. The van der Waals surface area contributed by atoms with Crippen LogP contribution in [-0.2, 0) is 9.53 Å². The summed E-state index contributed by atoms with van der Waals surface area (Å²) in [4.78, 5) is 18.4. The number of ether oxygens (including phenoxy) is 1. The Morgan fingerprint density at radius 3 is 2.73 bits per heavy atom. The molecule has 128 valence electrons. The maximum atomic E-state index is 11.5. The summed E-state index contributed by atoms with van der Waals surface area (Å²) in [5, 5.41) is 9.91. The van der Waals surface area contributed by atoms with Gasteiger partial charge in [0.2, 0.25) is 5.91 Å². The van der Waals surface area contributed by atoms with Gasteiger partial charge in [0.25, 0.3) is 0 Å². The third-order valence-corrected chi connectivity index (χ3v) is 4.92. The first kappa shape index (κ1) is 17.7. The fourth-order valence-corrected chi connectivity index (χ4v) is 3.80. The smallest absolute Gasteiger partial charge is 0.219 e. The van der Waals surface area contributed by atoms with Crippen LogP contribution in [0.2, 0.25) is 0 Å². The highest BCUT2D eigenvalue weighted by atomic mass is 16.5. The zero-order valence-corrected chi connectivity index (χ0v) is 14.2. The molecule has 1 N–H and O–H groups in total. The summed E-state index contributed by atoms with van der Waals surface area (Å²) in [6.07, 6.45) is 0.642. The molecule has 22 heavy (non-hydrogen) atoms. The van der Waals surface area contributed by atoms with Crippen molar-refractivity contribution in [3.05, 3.63) is 0 Å². The molecule has 2 fully saturated rings. The van der Waals surface area contributed by atoms with Crippen molar-refractivity contribution in [2.45, 2.75) is 32.4 Å². The second-order valence-electron chi connectivity index (χ2n) is 6.77. The second kappa shape index (κ2) is 8.24. The first-order chi connectivity index (χ1) is 10.5. The number of aliphatic hydroxyl groups is 1. The van der Waals surface area contributed by atoms with E-state index >= 15 is 0 Å². The molecule has 1 amide bonds. The Labute approximate surface area is 134 Å². The van der Waals surface area contributed by atoms with Gasteiger partial charge in [-0.2, -0.15) is 0 Å². The van der Waals surface area contributed by atoms with Crippen molar-refractivity contribution in [3.8, 4) is 0 Å². The van der Waals surface area contributed by atoms with Crippen molar-refractivity contribution in [2.75, 3.05) is 59.5 Å². The van der Waals surface area contributed by atoms with Crippen LogP contribution in [0.5, 0.6) is 0 Å². The van der Waals surface area contributed by atoms with Gasteiger partial charge in [-0.3, -0.25) is 14.6 Å². The third-order valence-electron chi connectivity index (χ3n) is 4.92. The van der Waals surface area contributed by atoms with Crippen molar-refractivity contribution in [1.82, 2.24) is 14.7 Å². The number of nitrogens with zero attached hydrogens (tertiary/aromatic N) is 3. The van der Waals surface area contributed by atoms with E-state index in [0.29, 0.717) is 25.1 Å².